The molecule has 5 nitrogen and oxygen atoms in total. The maximum atomic E-state index is 4.88. The van der Waals surface area contributed by atoms with Crippen LogP contribution in [0, 0.1) is 11.3 Å². The van der Waals surface area contributed by atoms with Gasteiger partial charge in [-0.15, -0.1) is 0 Å². The van der Waals surface area contributed by atoms with E-state index in [4.69, 9.17) is 9.98 Å². The Morgan fingerprint density at radius 2 is 1.84 bits per heavy atom. The number of fused-ring (bicyclic) bond motifs is 2. The monoisotopic (exact) mass is 425 g/mol. The van der Waals surface area contributed by atoms with Gasteiger partial charge in [-0.05, 0) is 41.3 Å². The molecule has 0 bridgehead atoms. The predicted octanol–water partition coefficient (Wildman–Crippen LogP) is 5.34. The van der Waals surface area contributed by atoms with E-state index in [1.165, 1.54) is 0 Å². The van der Waals surface area contributed by atoms with Gasteiger partial charge >= 0.3 is 0 Å². The first-order valence-electron chi connectivity index (χ1n) is 11.4. The van der Waals surface area contributed by atoms with Crippen LogP contribution in [-0.2, 0) is 0 Å². The van der Waals surface area contributed by atoms with Crippen molar-refractivity contribution in [1.82, 2.24) is 20.6 Å². The zero-order valence-electron chi connectivity index (χ0n) is 19.4. The molecule has 2 aromatic rings. The summed E-state index contributed by atoms with van der Waals surface area (Å²) in [5, 5.41) is 7.13. The number of allylic oxidation sites excluding steroid dienone is 6. The van der Waals surface area contributed by atoms with Crippen molar-refractivity contribution in [2.45, 2.75) is 46.7 Å². The summed E-state index contributed by atoms with van der Waals surface area (Å²) >= 11 is 0. The van der Waals surface area contributed by atoms with Crippen molar-refractivity contribution in [3.63, 3.8) is 0 Å². The standard InChI is InChI=1S/C27H31N5/c1-16(2)19-9-7-11-22(28-19)25-29-21-13-12-18(15-23(21)30-25)17-8-6-10-20-24(14-17)32-26(31-20)27(3,4)5/h6-16,19-20,28H,1-5H3,(H,29,30)(H,31,32). The molecule has 5 heteroatoms. The Morgan fingerprint density at radius 3 is 2.62 bits per heavy atom. The number of nitrogens with zero attached hydrogens (tertiary/aromatic N) is 2. The van der Waals surface area contributed by atoms with Crippen molar-refractivity contribution in [3.8, 4) is 0 Å². The average Bonchev–Trinajstić information content (AvgIpc) is 3.32. The second kappa shape index (κ2) is 7.66. The lowest BCUT2D eigenvalue weighted by Gasteiger charge is -2.23. The first-order chi connectivity index (χ1) is 15.3. The van der Waals surface area contributed by atoms with Gasteiger partial charge in [0.05, 0.1) is 16.7 Å². The Kier molecular flexibility index (Phi) is 4.92. The van der Waals surface area contributed by atoms with E-state index in [1.807, 2.05) is 0 Å². The Bertz CT molecular complexity index is 1240. The third kappa shape index (κ3) is 3.83. The topological polar surface area (TPSA) is 65.1 Å². The number of aliphatic imine (C=N–C) groups is 1. The van der Waals surface area contributed by atoms with Crippen LogP contribution in [0.2, 0.25) is 0 Å². The zero-order chi connectivity index (χ0) is 22.5. The van der Waals surface area contributed by atoms with Crippen LogP contribution in [-0.4, -0.2) is 27.9 Å². The van der Waals surface area contributed by atoms with Gasteiger partial charge in [0.2, 0.25) is 0 Å². The molecule has 1 aliphatic carbocycles. The number of benzene rings is 1. The van der Waals surface area contributed by atoms with E-state index in [2.05, 4.69) is 111 Å². The van der Waals surface area contributed by atoms with Crippen LogP contribution in [0.3, 0.4) is 0 Å². The third-order valence-corrected chi connectivity index (χ3v) is 6.13. The van der Waals surface area contributed by atoms with E-state index in [0.717, 1.165) is 45.2 Å². The maximum absolute atomic E-state index is 4.88. The van der Waals surface area contributed by atoms with Gasteiger partial charge in [-0.1, -0.05) is 71.1 Å². The van der Waals surface area contributed by atoms with Gasteiger partial charge < -0.3 is 15.6 Å². The Labute approximate surface area is 189 Å². The number of dihydropyridines is 1. The van der Waals surface area contributed by atoms with Crippen LogP contribution in [0.1, 0.15) is 46.0 Å². The molecule has 1 aromatic carbocycles. The van der Waals surface area contributed by atoms with E-state index >= 15 is 0 Å². The summed E-state index contributed by atoms with van der Waals surface area (Å²) in [7, 11) is 0. The van der Waals surface area contributed by atoms with Gasteiger partial charge in [0.25, 0.3) is 0 Å². The average molecular weight is 426 g/mol. The minimum absolute atomic E-state index is 0.00158. The molecule has 0 spiro atoms. The summed E-state index contributed by atoms with van der Waals surface area (Å²) in [6.07, 6.45) is 15.0. The number of nitrogens with one attached hydrogen (secondary N) is 3. The molecule has 3 aliphatic rings. The van der Waals surface area contributed by atoms with Crippen LogP contribution in [0.15, 0.2) is 71.4 Å². The highest BCUT2D eigenvalue weighted by molar-refractivity contribution is 5.93. The number of amidine groups is 1. The Hall–Kier alpha value is -3.34. The first-order valence-corrected chi connectivity index (χ1v) is 11.4. The molecular weight excluding hydrogens is 394 g/mol. The van der Waals surface area contributed by atoms with Crippen LogP contribution >= 0.6 is 0 Å². The molecule has 3 N–H and O–H groups in total. The fourth-order valence-electron chi connectivity index (χ4n) is 4.16. The lowest BCUT2D eigenvalue weighted by atomic mass is 9.95. The molecule has 32 heavy (non-hydrogen) atoms. The molecule has 5 rings (SSSR count). The molecule has 0 radical (unpaired) electrons. The molecule has 3 heterocycles. The summed E-state index contributed by atoms with van der Waals surface area (Å²) in [6, 6.07) is 6.80. The van der Waals surface area contributed by atoms with E-state index in [0.29, 0.717) is 12.0 Å². The fraction of sp³-hybridized carbons (Fsp3) is 0.333. The van der Waals surface area contributed by atoms with Crippen LogP contribution < -0.4 is 10.6 Å². The quantitative estimate of drug-likeness (QED) is 0.622. The molecule has 0 saturated heterocycles. The fourth-order valence-corrected chi connectivity index (χ4v) is 4.16. The Morgan fingerprint density at radius 1 is 1.03 bits per heavy atom. The molecule has 1 aromatic heterocycles. The van der Waals surface area contributed by atoms with E-state index in [1.54, 1.807) is 0 Å². The highest BCUT2D eigenvalue weighted by Gasteiger charge is 2.29. The van der Waals surface area contributed by atoms with E-state index in [9.17, 15) is 0 Å². The van der Waals surface area contributed by atoms with Crippen LogP contribution in [0.4, 0.5) is 0 Å². The smallest absolute Gasteiger partial charge is 0.154 e. The highest BCUT2D eigenvalue weighted by Crippen LogP contribution is 2.30. The lowest BCUT2D eigenvalue weighted by molar-refractivity contribution is 0.518. The summed E-state index contributed by atoms with van der Waals surface area (Å²) in [5.74, 6) is 2.43. The summed E-state index contributed by atoms with van der Waals surface area (Å²) < 4.78 is 0. The van der Waals surface area contributed by atoms with Gasteiger partial charge in [-0.2, -0.15) is 0 Å². The molecule has 2 unspecified atom stereocenters. The van der Waals surface area contributed by atoms with Gasteiger partial charge in [0.15, 0.2) is 5.82 Å². The van der Waals surface area contributed by atoms with Gasteiger partial charge in [0.1, 0.15) is 11.9 Å². The molecule has 2 aliphatic heterocycles. The van der Waals surface area contributed by atoms with Crippen molar-refractivity contribution < 1.29 is 0 Å². The molecular formula is C27H31N5. The number of aromatic amines is 1. The SMILES string of the molecule is CC(C)C1C=CC=C(c2nc3ccc(C4=CC=CC5N=C(C(C)(C)C)NC5=C4)cc3[nH]2)N1. The second-order valence-electron chi connectivity index (χ2n) is 10.1. The van der Waals surface area contributed by atoms with Gasteiger partial charge in [0, 0.05) is 17.2 Å². The Balaban J connectivity index is 1.43. The van der Waals surface area contributed by atoms with Crippen LogP contribution in [0.5, 0.6) is 0 Å². The van der Waals surface area contributed by atoms with Crippen molar-refractivity contribution in [3.05, 3.63) is 77.8 Å². The minimum atomic E-state index is 0.00158. The summed E-state index contributed by atoms with van der Waals surface area (Å²) in [4.78, 5) is 13.2. The largest absolute Gasteiger partial charge is 0.376 e. The highest BCUT2D eigenvalue weighted by atomic mass is 15.1. The second-order valence-corrected chi connectivity index (χ2v) is 10.1. The van der Waals surface area contributed by atoms with Crippen molar-refractivity contribution >= 4 is 28.1 Å². The normalized spacial score (nSPS) is 22.6. The van der Waals surface area contributed by atoms with Crippen molar-refractivity contribution in [1.29, 1.82) is 0 Å². The lowest BCUT2D eigenvalue weighted by Crippen LogP contribution is -2.32. The van der Waals surface area contributed by atoms with E-state index in [-0.39, 0.29) is 11.5 Å². The van der Waals surface area contributed by atoms with Crippen molar-refractivity contribution in [2.75, 3.05) is 0 Å². The molecule has 0 saturated carbocycles. The van der Waals surface area contributed by atoms with Crippen molar-refractivity contribution in [2.24, 2.45) is 16.3 Å². The zero-order valence-corrected chi connectivity index (χ0v) is 19.4. The number of hydrogen-bond acceptors (Lipinski definition) is 4. The summed E-state index contributed by atoms with van der Waals surface area (Å²) in [5.41, 5.74) is 6.48. The van der Waals surface area contributed by atoms with Crippen LogP contribution in [0.25, 0.3) is 22.3 Å². The number of hydrogen-bond donors (Lipinski definition) is 3. The summed E-state index contributed by atoms with van der Waals surface area (Å²) in [6.45, 7) is 11.0. The van der Waals surface area contributed by atoms with E-state index < -0.39 is 0 Å². The number of H-pyrrole nitrogens is 1. The number of imidazole rings is 1. The molecule has 0 amide bonds. The maximum Gasteiger partial charge on any atom is 0.154 e. The minimum Gasteiger partial charge on any atom is -0.376 e. The third-order valence-electron chi connectivity index (χ3n) is 6.13. The predicted molar refractivity (Wildman–Crippen MR) is 134 cm³/mol. The first kappa shape index (κ1) is 20.6. The number of aromatic nitrogens is 2. The molecule has 2 atom stereocenters. The molecule has 0 fully saturated rings. The molecule has 164 valence electrons. The van der Waals surface area contributed by atoms with Gasteiger partial charge in [-0.3, -0.25) is 4.99 Å². The van der Waals surface area contributed by atoms with Gasteiger partial charge in [-0.25, -0.2) is 4.98 Å². The number of rotatable bonds is 3.